The SMILES string of the molecule is NCCCC[C@H](NC(=O)OCC1c2ccccc2-c2ccccc21)C(=O)N[C@@H](CCCCNC(=O)CCC(=O)O)C(N)=O. The van der Waals surface area contributed by atoms with Crippen LogP contribution in [0.3, 0.4) is 0 Å². The predicted octanol–water partition coefficient (Wildman–Crippen LogP) is 2.14. The van der Waals surface area contributed by atoms with Gasteiger partial charge in [0.25, 0.3) is 0 Å². The molecule has 0 unspecified atom stereocenters. The van der Waals surface area contributed by atoms with E-state index >= 15 is 0 Å². The summed E-state index contributed by atoms with van der Waals surface area (Å²) < 4.78 is 5.61. The normalized spacial score (nSPS) is 13.2. The summed E-state index contributed by atoms with van der Waals surface area (Å²) in [5.41, 5.74) is 15.5. The van der Waals surface area contributed by atoms with E-state index in [2.05, 4.69) is 16.0 Å². The summed E-state index contributed by atoms with van der Waals surface area (Å²) in [6, 6.07) is 14.0. The topological polar surface area (TPSA) is 203 Å². The number of fused-ring (bicyclic) bond motifs is 3. The third kappa shape index (κ3) is 10.1. The van der Waals surface area contributed by atoms with Gasteiger partial charge in [-0.25, -0.2) is 4.79 Å². The first-order chi connectivity index (χ1) is 20.7. The molecule has 232 valence electrons. The first kappa shape index (κ1) is 33.1. The van der Waals surface area contributed by atoms with Crippen molar-refractivity contribution in [1.29, 1.82) is 0 Å². The smallest absolute Gasteiger partial charge is 0.407 e. The summed E-state index contributed by atoms with van der Waals surface area (Å²) >= 11 is 0. The van der Waals surface area contributed by atoms with E-state index in [1.165, 1.54) is 0 Å². The highest BCUT2D eigenvalue weighted by atomic mass is 16.5. The van der Waals surface area contributed by atoms with Crippen molar-refractivity contribution >= 4 is 29.8 Å². The minimum atomic E-state index is -1.05. The largest absolute Gasteiger partial charge is 0.481 e. The highest BCUT2D eigenvalue weighted by molar-refractivity contribution is 5.90. The van der Waals surface area contributed by atoms with Crippen molar-refractivity contribution in [2.75, 3.05) is 19.7 Å². The number of primary amides is 1. The zero-order chi connectivity index (χ0) is 31.2. The van der Waals surface area contributed by atoms with E-state index in [1.54, 1.807) is 0 Å². The van der Waals surface area contributed by atoms with Crippen molar-refractivity contribution < 1.29 is 33.8 Å². The number of unbranched alkanes of at least 4 members (excludes halogenated alkanes) is 2. The fraction of sp³-hybridized carbons (Fsp3) is 0.452. The van der Waals surface area contributed by atoms with Crippen LogP contribution in [0.25, 0.3) is 11.1 Å². The Hall–Kier alpha value is -4.45. The average molecular weight is 596 g/mol. The van der Waals surface area contributed by atoms with E-state index in [4.69, 9.17) is 21.3 Å². The molecule has 0 heterocycles. The number of aliphatic carboxylic acids is 1. The molecule has 0 saturated heterocycles. The Bertz CT molecular complexity index is 1240. The molecule has 0 saturated carbocycles. The number of carbonyl (C=O) groups is 5. The van der Waals surface area contributed by atoms with Gasteiger partial charge in [0.05, 0.1) is 6.42 Å². The van der Waals surface area contributed by atoms with Crippen LogP contribution < -0.4 is 27.4 Å². The highest BCUT2D eigenvalue weighted by Crippen LogP contribution is 2.44. The standard InChI is InChI=1S/C31H41N5O7/c32-17-7-5-14-26(30(41)35-25(29(33)40)13-6-8-18-34-27(37)15-16-28(38)39)36-31(42)43-19-24-22-11-3-1-9-20(22)21-10-2-4-12-23(21)24/h1-4,9-12,24-26H,5-8,13-19,32H2,(H2,33,40)(H,34,37)(H,35,41)(H,36,42)(H,38,39)/t25-,26-/m0/s1. The third-order valence-electron chi connectivity index (χ3n) is 7.37. The summed E-state index contributed by atoms with van der Waals surface area (Å²) in [5.74, 6) is -2.84. The number of ether oxygens (including phenoxy) is 1. The van der Waals surface area contributed by atoms with Gasteiger partial charge in [-0.1, -0.05) is 48.5 Å². The fourth-order valence-electron chi connectivity index (χ4n) is 5.11. The second-order valence-corrected chi connectivity index (χ2v) is 10.5. The van der Waals surface area contributed by atoms with Gasteiger partial charge < -0.3 is 37.3 Å². The average Bonchev–Trinajstić information content (AvgIpc) is 3.31. The molecule has 2 aromatic carbocycles. The molecule has 12 heteroatoms. The van der Waals surface area contributed by atoms with Crippen molar-refractivity contribution in [2.45, 2.75) is 69.4 Å². The minimum absolute atomic E-state index is 0.0910. The van der Waals surface area contributed by atoms with Gasteiger partial charge in [-0.3, -0.25) is 19.2 Å². The molecule has 1 aliphatic rings. The van der Waals surface area contributed by atoms with Crippen LogP contribution in [-0.4, -0.2) is 66.7 Å². The summed E-state index contributed by atoms with van der Waals surface area (Å²) in [6.07, 6.45) is 1.59. The highest BCUT2D eigenvalue weighted by Gasteiger charge is 2.30. The summed E-state index contributed by atoms with van der Waals surface area (Å²) in [7, 11) is 0. The van der Waals surface area contributed by atoms with Crippen LogP contribution in [0.15, 0.2) is 48.5 Å². The molecule has 0 spiro atoms. The molecule has 2 atom stereocenters. The van der Waals surface area contributed by atoms with Gasteiger partial charge in [-0.2, -0.15) is 0 Å². The number of hydrogen-bond donors (Lipinski definition) is 6. The zero-order valence-electron chi connectivity index (χ0n) is 24.2. The Morgan fingerprint density at radius 1 is 0.814 bits per heavy atom. The van der Waals surface area contributed by atoms with Gasteiger partial charge >= 0.3 is 12.1 Å². The Morgan fingerprint density at radius 2 is 1.42 bits per heavy atom. The number of nitrogens with one attached hydrogen (secondary N) is 3. The number of hydrogen-bond acceptors (Lipinski definition) is 7. The van der Waals surface area contributed by atoms with Crippen LogP contribution >= 0.6 is 0 Å². The van der Waals surface area contributed by atoms with Crippen LogP contribution in [0.2, 0.25) is 0 Å². The molecule has 0 radical (unpaired) electrons. The number of rotatable bonds is 18. The van der Waals surface area contributed by atoms with Crippen molar-refractivity contribution in [2.24, 2.45) is 11.5 Å². The molecule has 8 N–H and O–H groups in total. The number of carboxylic acids is 1. The van der Waals surface area contributed by atoms with Crippen LogP contribution in [0.1, 0.15) is 68.4 Å². The van der Waals surface area contributed by atoms with Gasteiger partial charge in [0.15, 0.2) is 0 Å². The number of amides is 4. The predicted molar refractivity (Wildman–Crippen MR) is 160 cm³/mol. The summed E-state index contributed by atoms with van der Waals surface area (Å²) in [6.45, 7) is 0.812. The summed E-state index contributed by atoms with van der Waals surface area (Å²) in [5, 5.41) is 16.5. The lowest BCUT2D eigenvalue weighted by Gasteiger charge is -2.22. The van der Waals surface area contributed by atoms with Crippen molar-refractivity contribution in [1.82, 2.24) is 16.0 Å². The number of nitrogens with two attached hydrogens (primary N) is 2. The first-order valence-corrected chi connectivity index (χ1v) is 14.6. The first-order valence-electron chi connectivity index (χ1n) is 14.6. The summed E-state index contributed by atoms with van der Waals surface area (Å²) in [4.78, 5) is 60.3. The molecule has 2 aromatic rings. The Morgan fingerprint density at radius 3 is 2.02 bits per heavy atom. The maximum atomic E-state index is 13.2. The molecule has 3 rings (SSSR count). The second-order valence-electron chi connectivity index (χ2n) is 10.5. The molecule has 12 nitrogen and oxygen atoms in total. The number of alkyl carbamates (subject to hydrolysis) is 1. The zero-order valence-corrected chi connectivity index (χ0v) is 24.2. The van der Waals surface area contributed by atoms with Gasteiger partial charge in [0.1, 0.15) is 18.7 Å². The third-order valence-corrected chi connectivity index (χ3v) is 7.37. The lowest BCUT2D eigenvalue weighted by atomic mass is 9.98. The number of carbonyl (C=O) groups excluding carboxylic acids is 4. The molecule has 0 aromatic heterocycles. The van der Waals surface area contributed by atoms with Crippen molar-refractivity contribution in [3.8, 4) is 11.1 Å². The van der Waals surface area contributed by atoms with Crippen molar-refractivity contribution in [3.05, 3.63) is 59.7 Å². The van der Waals surface area contributed by atoms with E-state index < -0.39 is 36.0 Å². The molecular weight excluding hydrogens is 554 g/mol. The molecule has 43 heavy (non-hydrogen) atoms. The van der Waals surface area contributed by atoms with Crippen LogP contribution in [0.5, 0.6) is 0 Å². The lowest BCUT2D eigenvalue weighted by molar-refractivity contribution is -0.138. The second kappa shape index (κ2) is 16.9. The van der Waals surface area contributed by atoms with Crippen LogP contribution in [0, 0.1) is 0 Å². The Kier molecular flexibility index (Phi) is 13.0. The quantitative estimate of drug-likeness (QED) is 0.141. The fourth-order valence-corrected chi connectivity index (χ4v) is 5.11. The number of carboxylic acid groups (broad SMARTS) is 1. The van der Waals surface area contributed by atoms with Crippen LogP contribution in [0.4, 0.5) is 4.79 Å². The van der Waals surface area contributed by atoms with Gasteiger partial charge in [0.2, 0.25) is 17.7 Å². The van der Waals surface area contributed by atoms with Crippen LogP contribution in [-0.2, 0) is 23.9 Å². The minimum Gasteiger partial charge on any atom is -0.481 e. The lowest BCUT2D eigenvalue weighted by Crippen LogP contribution is -2.53. The maximum absolute atomic E-state index is 13.2. The molecule has 1 aliphatic carbocycles. The molecule has 0 fully saturated rings. The maximum Gasteiger partial charge on any atom is 0.407 e. The van der Waals surface area contributed by atoms with E-state index in [0.717, 1.165) is 22.3 Å². The molecule has 0 bridgehead atoms. The van der Waals surface area contributed by atoms with E-state index in [-0.39, 0.29) is 37.7 Å². The Balaban J connectivity index is 1.53. The van der Waals surface area contributed by atoms with Gasteiger partial charge in [-0.05, 0) is 67.3 Å². The van der Waals surface area contributed by atoms with Gasteiger partial charge in [0, 0.05) is 18.9 Å². The Labute approximate surface area is 250 Å². The monoisotopic (exact) mass is 595 g/mol. The van der Waals surface area contributed by atoms with E-state index in [0.29, 0.717) is 45.2 Å². The van der Waals surface area contributed by atoms with Crippen molar-refractivity contribution in [3.63, 3.8) is 0 Å². The van der Waals surface area contributed by atoms with Gasteiger partial charge in [-0.15, -0.1) is 0 Å². The van der Waals surface area contributed by atoms with E-state index in [9.17, 15) is 24.0 Å². The number of benzene rings is 2. The molecule has 4 amide bonds. The van der Waals surface area contributed by atoms with E-state index in [1.807, 2.05) is 48.5 Å². The molecule has 0 aliphatic heterocycles. The molecular formula is C31H41N5O7.